The maximum absolute atomic E-state index is 14.7. The molecule has 0 fully saturated rings. The van der Waals surface area contributed by atoms with Crippen molar-refractivity contribution >= 4 is 23.4 Å². The number of hydrogen-bond acceptors (Lipinski definition) is 6. The number of carbonyl (C=O) groups is 3. The molecule has 0 heterocycles. The number of allylic oxidation sites excluding steroid dienone is 1. The Morgan fingerprint density at radius 2 is 1.66 bits per heavy atom. The molecule has 0 aromatic heterocycles. The zero-order valence-corrected chi connectivity index (χ0v) is 21.0. The highest BCUT2D eigenvalue weighted by molar-refractivity contribution is 6.05. The number of methoxy groups -OCH3 is 1. The Bertz CT molecular complexity index is 1420. The molecule has 3 aromatic rings. The van der Waals surface area contributed by atoms with Crippen LogP contribution < -0.4 is 26.2 Å². The molecular weight excluding hydrogens is 498 g/mol. The second-order valence-electron chi connectivity index (χ2n) is 8.17. The molecule has 0 spiro atoms. The molecule has 11 heteroatoms. The zero-order chi connectivity index (χ0) is 28.0. The number of aryl methyl sites for hydroxylation is 1. The van der Waals surface area contributed by atoms with Crippen LogP contribution in [0.1, 0.15) is 33.2 Å². The Hall–Kier alpha value is -4.77. The van der Waals surface area contributed by atoms with E-state index in [1.165, 1.54) is 58.3 Å². The van der Waals surface area contributed by atoms with Gasteiger partial charge in [-0.15, -0.1) is 0 Å². The number of nitrogens with one attached hydrogen (secondary N) is 4. The predicted molar refractivity (Wildman–Crippen MR) is 137 cm³/mol. The van der Waals surface area contributed by atoms with Crippen molar-refractivity contribution in [1.29, 1.82) is 0 Å². The van der Waals surface area contributed by atoms with Crippen molar-refractivity contribution in [3.05, 3.63) is 94.3 Å². The van der Waals surface area contributed by atoms with Crippen LogP contribution in [0.15, 0.2) is 66.0 Å². The summed E-state index contributed by atoms with van der Waals surface area (Å²) in [6.45, 7) is 2.91. The summed E-state index contributed by atoms with van der Waals surface area (Å²) in [5.41, 5.74) is 2.65. The van der Waals surface area contributed by atoms with E-state index in [0.29, 0.717) is 11.1 Å². The van der Waals surface area contributed by atoms with Crippen LogP contribution in [0.2, 0.25) is 0 Å². The van der Waals surface area contributed by atoms with E-state index in [9.17, 15) is 28.4 Å². The fraction of sp³-hybridized carbons (Fsp3) is 0.148. The molecule has 3 aromatic carbocycles. The third kappa shape index (κ3) is 6.13. The van der Waals surface area contributed by atoms with E-state index < -0.39 is 23.4 Å². The van der Waals surface area contributed by atoms with E-state index >= 15 is 0 Å². The average Bonchev–Trinajstić information content (AvgIpc) is 2.88. The third-order valence-corrected chi connectivity index (χ3v) is 5.61. The zero-order valence-electron chi connectivity index (χ0n) is 21.0. The van der Waals surface area contributed by atoms with Crippen LogP contribution in [0.5, 0.6) is 5.75 Å². The molecule has 0 unspecified atom stereocenters. The summed E-state index contributed by atoms with van der Waals surface area (Å²) in [6, 6.07) is 12.3. The fourth-order valence-electron chi connectivity index (χ4n) is 3.77. The van der Waals surface area contributed by atoms with Crippen molar-refractivity contribution in [1.82, 2.24) is 16.1 Å². The Kier molecular flexibility index (Phi) is 8.77. The van der Waals surface area contributed by atoms with Crippen molar-refractivity contribution in [3.63, 3.8) is 0 Å². The van der Waals surface area contributed by atoms with Gasteiger partial charge in [-0.1, -0.05) is 6.07 Å². The fourth-order valence-corrected chi connectivity index (χ4v) is 3.77. The molecule has 0 aliphatic carbocycles. The van der Waals surface area contributed by atoms with Gasteiger partial charge >= 0.3 is 0 Å². The van der Waals surface area contributed by atoms with Gasteiger partial charge in [0.05, 0.1) is 7.11 Å². The first-order chi connectivity index (χ1) is 18.1. The largest absolute Gasteiger partial charge is 0.496 e. The maximum atomic E-state index is 14.7. The molecule has 5 N–H and O–H groups in total. The summed E-state index contributed by atoms with van der Waals surface area (Å²) in [5, 5.41) is 17.1. The van der Waals surface area contributed by atoms with Gasteiger partial charge < -0.3 is 20.7 Å². The van der Waals surface area contributed by atoms with Crippen LogP contribution in [0, 0.1) is 18.6 Å². The molecule has 0 saturated heterocycles. The highest BCUT2D eigenvalue weighted by Gasteiger charge is 2.20. The molecule has 9 nitrogen and oxygen atoms in total. The monoisotopic (exact) mass is 524 g/mol. The highest BCUT2D eigenvalue weighted by atomic mass is 19.1. The second kappa shape index (κ2) is 12.0. The van der Waals surface area contributed by atoms with E-state index in [1.807, 2.05) is 0 Å². The standard InChI is InChI=1S/C27H26F2N4O5/c1-14-10-18(28)13-21(29)23(14)20-12-17(8-9-22(20)38-4)26(35)31-15(2)24(33-37)27(36)32-19-7-5-6-16(11-19)25(34)30-3/h5-13,33,37H,1-4H3,(H,30,34)(H,31,35)(H,32,36)/b24-15-. The van der Waals surface area contributed by atoms with Crippen LogP contribution in [0.4, 0.5) is 14.5 Å². The molecule has 198 valence electrons. The predicted octanol–water partition coefficient (Wildman–Crippen LogP) is 3.89. The van der Waals surface area contributed by atoms with E-state index in [1.54, 1.807) is 23.7 Å². The SMILES string of the molecule is CNC(=O)c1cccc(NC(=O)/C(NO)=C(\C)NC(=O)c2ccc(OC)c(-c3c(C)cc(F)cc3F)c2)c1. The quantitative estimate of drug-likeness (QED) is 0.225. The van der Waals surface area contributed by atoms with Crippen molar-refractivity contribution in [3.8, 4) is 16.9 Å². The lowest BCUT2D eigenvalue weighted by Crippen LogP contribution is -2.31. The molecule has 0 radical (unpaired) electrons. The first kappa shape index (κ1) is 27.8. The Labute approximate surface area is 217 Å². The van der Waals surface area contributed by atoms with Crippen molar-refractivity contribution in [2.24, 2.45) is 0 Å². The summed E-state index contributed by atoms with van der Waals surface area (Å²) < 4.78 is 33.6. The van der Waals surface area contributed by atoms with Crippen LogP contribution in [0.25, 0.3) is 11.1 Å². The van der Waals surface area contributed by atoms with Gasteiger partial charge in [-0.2, -0.15) is 0 Å². The summed E-state index contributed by atoms with van der Waals surface area (Å²) in [6.07, 6.45) is 0. The minimum absolute atomic E-state index is 0.0287. The van der Waals surface area contributed by atoms with Crippen molar-refractivity contribution < 1.29 is 33.1 Å². The molecular formula is C27H26F2N4O5. The molecule has 38 heavy (non-hydrogen) atoms. The van der Waals surface area contributed by atoms with Gasteiger partial charge in [0.2, 0.25) is 0 Å². The van der Waals surface area contributed by atoms with E-state index in [0.717, 1.165) is 6.07 Å². The highest BCUT2D eigenvalue weighted by Crippen LogP contribution is 2.35. The molecule has 3 rings (SSSR count). The number of hydrogen-bond donors (Lipinski definition) is 5. The summed E-state index contributed by atoms with van der Waals surface area (Å²) in [4.78, 5) is 37.6. The number of carbonyl (C=O) groups excluding carboxylic acids is 3. The summed E-state index contributed by atoms with van der Waals surface area (Å²) in [5.74, 6) is -3.11. The first-order valence-corrected chi connectivity index (χ1v) is 11.3. The molecule has 0 aliphatic heterocycles. The number of benzene rings is 3. The lowest BCUT2D eigenvalue weighted by Gasteiger charge is -2.15. The summed E-state index contributed by atoms with van der Waals surface area (Å²) in [7, 11) is 2.85. The molecule has 0 atom stereocenters. The van der Waals surface area contributed by atoms with Crippen LogP contribution in [0.3, 0.4) is 0 Å². The van der Waals surface area contributed by atoms with Gasteiger partial charge in [-0.05, 0) is 61.9 Å². The Morgan fingerprint density at radius 3 is 2.29 bits per heavy atom. The smallest absolute Gasteiger partial charge is 0.275 e. The second-order valence-corrected chi connectivity index (χ2v) is 8.17. The Balaban J connectivity index is 1.88. The third-order valence-electron chi connectivity index (χ3n) is 5.61. The normalized spacial score (nSPS) is 11.2. The van der Waals surface area contributed by atoms with Crippen LogP contribution in [-0.2, 0) is 4.79 Å². The first-order valence-electron chi connectivity index (χ1n) is 11.3. The lowest BCUT2D eigenvalue weighted by atomic mass is 9.96. The molecule has 0 saturated carbocycles. The number of amides is 3. The average molecular weight is 525 g/mol. The molecule has 0 aliphatic rings. The topological polar surface area (TPSA) is 129 Å². The van der Waals surface area contributed by atoms with Gasteiger partial charge in [-0.25, -0.2) is 8.78 Å². The maximum Gasteiger partial charge on any atom is 0.275 e. The summed E-state index contributed by atoms with van der Waals surface area (Å²) >= 11 is 0. The molecule has 0 bridgehead atoms. The van der Waals surface area contributed by atoms with E-state index in [4.69, 9.17) is 4.74 Å². The van der Waals surface area contributed by atoms with E-state index in [-0.39, 0.29) is 45.4 Å². The van der Waals surface area contributed by atoms with E-state index in [2.05, 4.69) is 16.0 Å². The number of rotatable bonds is 8. The van der Waals surface area contributed by atoms with Gasteiger partial charge in [0.15, 0.2) is 0 Å². The van der Waals surface area contributed by atoms with Crippen molar-refractivity contribution in [2.75, 3.05) is 19.5 Å². The lowest BCUT2D eigenvalue weighted by molar-refractivity contribution is -0.114. The number of halogens is 2. The number of hydroxylamine groups is 1. The van der Waals surface area contributed by atoms with Crippen LogP contribution in [-0.4, -0.2) is 37.1 Å². The van der Waals surface area contributed by atoms with Gasteiger partial charge in [-0.3, -0.25) is 25.1 Å². The van der Waals surface area contributed by atoms with Gasteiger partial charge in [0.1, 0.15) is 23.1 Å². The minimum Gasteiger partial charge on any atom is -0.496 e. The molecule has 3 amide bonds. The Morgan fingerprint density at radius 1 is 0.947 bits per heavy atom. The number of ether oxygens (including phenoxy) is 1. The minimum atomic E-state index is -0.821. The van der Waals surface area contributed by atoms with Gasteiger partial charge in [0.25, 0.3) is 17.7 Å². The number of anilines is 1. The van der Waals surface area contributed by atoms with Crippen molar-refractivity contribution in [2.45, 2.75) is 13.8 Å². The van der Waals surface area contributed by atoms with Gasteiger partial charge in [0, 0.05) is 46.8 Å². The van der Waals surface area contributed by atoms with Crippen LogP contribution >= 0.6 is 0 Å².